The molecule has 28 heavy (non-hydrogen) atoms. The lowest BCUT2D eigenvalue weighted by atomic mass is 10.0. The molecule has 4 rings (SSSR count). The number of nitrogens with zero attached hydrogens (tertiary/aromatic N) is 2. The van der Waals surface area contributed by atoms with E-state index < -0.39 is 0 Å². The summed E-state index contributed by atoms with van der Waals surface area (Å²) in [6.07, 6.45) is 4.73. The van der Waals surface area contributed by atoms with Crippen LogP contribution in [0.25, 0.3) is 11.0 Å². The minimum Gasteiger partial charge on any atom is -0.355 e. The second kappa shape index (κ2) is 9.02. The zero-order valence-corrected chi connectivity index (χ0v) is 16.2. The van der Waals surface area contributed by atoms with Crippen LogP contribution < -0.4 is 5.32 Å². The number of nitrogens with one attached hydrogen (secondary N) is 2. The highest BCUT2D eigenvalue weighted by Gasteiger charge is 2.22. The number of H-pyrrole nitrogens is 1. The van der Waals surface area contributed by atoms with E-state index in [0.29, 0.717) is 18.9 Å². The maximum absolute atomic E-state index is 12.4. The van der Waals surface area contributed by atoms with Gasteiger partial charge >= 0.3 is 0 Å². The Morgan fingerprint density at radius 2 is 1.93 bits per heavy atom. The Morgan fingerprint density at radius 1 is 1.11 bits per heavy atom. The van der Waals surface area contributed by atoms with Gasteiger partial charge in [0.25, 0.3) is 0 Å². The van der Waals surface area contributed by atoms with Gasteiger partial charge in [0, 0.05) is 32.0 Å². The van der Waals surface area contributed by atoms with E-state index in [4.69, 9.17) is 0 Å². The van der Waals surface area contributed by atoms with Gasteiger partial charge in [-0.15, -0.1) is 0 Å². The highest BCUT2D eigenvalue weighted by Crippen LogP contribution is 2.19. The molecule has 0 saturated carbocycles. The number of aromatic nitrogens is 2. The highest BCUT2D eigenvalue weighted by molar-refractivity contribution is 5.77. The van der Waals surface area contributed by atoms with Crippen molar-refractivity contribution in [1.29, 1.82) is 0 Å². The van der Waals surface area contributed by atoms with E-state index in [1.54, 1.807) is 0 Å². The lowest BCUT2D eigenvalue weighted by molar-refractivity contribution is -0.121. The maximum atomic E-state index is 12.4. The lowest BCUT2D eigenvalue weighted by Gasteiger charge is -2.36. The van der Waals surface area contributed by atoms with Gasteiger partial charge in [0.15, 0.2) is 0 Å². The molecule has 1 fully saturated rings. The first-order valence-corrected chi connectivity index (χ1v) is 10.3. The molecule has 0 unspecified atom stereocenters. The number of fused-ring (bicyclic) bond motifs is 1. The zero-order valence-electron chi connectivity index (χ0n) is 16.2. The molecule has 3 aromatic rings. The molecule has 0 spiro atoms. The molecule has 0 aliphatic carbocycles. The molecule has 5 heteroatoms. The molecule has 0 bridgehead atoms. The summed E-state index contributed by atoms with van der Waals surface area (Å²) in [6.45, 7) is 2.79. The van der Waals surface area contributed by atoms with Gasteiger partial charge in [-0.1, -0.05) is 48.9 Å². The fourth-order valence-electron chi connectivity index (χ4n) is 3.99. The number of rotatable bonds is 7. The number of carbonyl (C=O) groups is 1. The molecule has 5 nitrogen and oxygen atoms in total. The fraction of sp³-hybridized carbons (Fsp3) is 0.391. The standard InChI is InChI=1S/C23H28N4O/c28-23(14-13-22-25-20-11-4-5-12-21(20)26-22)24-16-19-10-6-7-15-27(19)17-18-8-2-1-3-9-18/h1-5,8-9,11-12,19H,6-7,10,13-17H2,(H,24,28)(H,25,26)/t19-/m0/s1. The van der Waals surface area contributed by atoms with E-state index >= 15 is 0 Å². The number of hydrogen-bond acceptors (Lipinski definition) is 3. The second-order valence-corrected chi connectivity index (χ2v) is 7.61. The Bertz CT molecular complexity index is 872. The predicted molar refractivity (Wildman–Crippen MR) is 112 cm³/mol. The van der Waals surface area contributed by atoms with Crippen molar-refractivity contribution in [3.8, 4) is 0 Å². The molecule has 1 aliphatic rings. The van der Waals surface area contributed by atoms with Crippen molar-refractivity contribution in [2.75, 3.05) is 13.1 Å². The van der Waals surface area contributed by atoms with Gasteiger partial charge in [0.05, 0.1) is 11.0 Å². The van der Waals surface area contributed by atoms with Crippen molar-refractivity contribution in [1.82, 2.24) is 20.2 Å². The Labute approximate surface area is 166 Å². The average molecular weight is 377 g/mol. The highest BCUT2D eigenvalue weighted by atomic mass is 16.1. The predicted octanol–water partition coefficient (Wildman–Crippen LogP) is 3.67. The summed E-state index contributed by atoms with van der Waals surface area (Å²) in [6, 6.07) is 19.0. The number of imidazole rings is 1. The van der Waals surface area contributed by atoms with E-state index in [2.05, 4.69) is 50.5 Å². The third-order valence-electron chi connectivity index (χ3n) is 5.54. The number of likely N-dealkylation sites (tertiary alicyclic amines) is 1. The van der Waals surface area contributed by atoms with Crippen molar-refractivity contribution < 1.29 is 4.79 Å². The Kier molecular flexibility index (Phi) is 6.02. The van der Waals surface area contributed by atoms with Crippen LogP contribution in [0.2, 0.25) is 0 Å². The van der Waals surface area contributed by atoms with Gasteiger partial charge in [0.1, 0.15) is 5.82 Å². The van der Waals surface area contributed by atoms with Crippen LogP contribution in [-0.2, 0) is 17.8 Å². The van der Waals surface area contributed by atoms with Crippen LogP contribution >= 0.6 is 0 Å². The second-order valence-electron chi connectivity index (χ2n) is 7.61. The maximum Gasteiger partial charge on any atom is 0.220 e. The van der Waals surface area contributed by atoms with Gasteiger partial charge in [-0.25, -0.2) is 4.98 Å². The molecule has 2 aromatic carbocycles. The van der Waals surface area contributed by atoms with Crippen molar-refractivity contribution in [2.24, 2.45) is 0 Å². The first-order valence-electron chi connectivity index (χ1n) is 10.3. The van der Waals surface area contributed by atoms with E-state index in [1.165, 1.54) is 18.4 Å². The van der Waals surface area contributed by atoms with Gasteiger partial charge in [-0.3, -0.25) is 9.69 Å². The molecule has 0 radical (unpaired) electrons. The van der Waals surface area contributed by atoms with Crippen molar-refractivity contribution >= 4 is 16.9 Å². The van der Waals surface area contributed by atoms with Crippen LogP contribution in [0.3, 0.4) is 0 Å². The van der Waals surface area contributed by atoms with Crippen molar-refractivity contribution in [2.45, 2.75) is 44.7 Å². The van der Waals surface area contributed by atoms with Gasteiger partial charge in [0.2, 0.25) is 5.91 Å². The first-order chi connectivity index (χ1) is 13.8. The van der Waals surface area contributed by atoms with Crippen LogP contribution in [-0.4, -0.2) is 39.9 Å². The van der Waals surface area contributed by atoms with Crippen LogP contribution in [0, 0.1) is 0 Å². The van der Waals surface area contributed by atoms with Gasteiger partial charge in [-0.05, 0) is 37.1 Å². The summed E-state index contributed by atoms with van der Waals surface area (Å²) in [7, 11) is 0. The quantitative estimate of drug-likeness (QED) is 0.661. The molecule has 2 heterocycles. The van der Waals surface area contributed by atoms with Crippen LogP contribution in [0.1, 0.15) is 37.1 Å². The minimum absolute atomic E-state index is 0.102. The summed E-state index contributed by atoms with van der Waals surface area (Å²) in [5, 5.41) is 3.15. The Morgan fingerprint density at radius 3 is 2.79 bits per heavy atom. The topological polar surface area (TPSA) is 61.0 Å². The van der Waals surface area contributed by atoms with E-state index in [-0.39, 0.29) is 5.91 Å². The monoisotopic (exact) mass is 376 g/mol. The normalized spacial score (nSPS) is 17.6. The molecular formula is C23H28N4O. The molecule has 146 valence electrons. The van der Waals surface area contributed by atoms with Gasteiger partial charge in [-0.2, -0.15) is 0 Å². The SMILES string of the molecule is O=C(CCc1nc2ccccc2[nH]1)NC[C@@H]1CCCCN1Cc1ccccc1. The van der Waals surface area contributed by atoms with E-state index in [0.717, 1.165) is 42.9 Å². The lowest BCUT2D eigenvalue weighted by Crippen LogP contribution is -2.46. The van der Waals surface area contributed by atoms with E-state index in [9.17, 15) is 4.79 Å². The third kappa shape index (κ3) is 4.78. The minimum atomic E-state index is 0.102. The van der Waals surface area contributed by atoms with Crippen LogP contribution in [0.5, 0.6) is 0 Å². The number of hydrogen-bond donors (Lipinski definition) is 2. The number of amides is 1. The summed E-state index contributed by atoms with van der Waals surface area (Å²) in [4.78, 5) is 22.7. The summed E-state index contributed by atoms with van der Waals surface area (Å²) < 4.78 is 0. The molecule has 1 amide bonds. The fourth-order valence-corrected chi connectivity index (χ4v) is 3.99. The molecule has 1 saturated heterocycles. The zero-order chi connectivity index (χ0) is 19.2. The smallest absolute Gasteiger partial charge is 0.220 e. The molecule has 1 atom stereocenters. The first kappa shape index (κ1) is 18.7. The van der Waals surface area contributed by atoms with Crippen molar-refractivity contribution in [3.63, 3.8) is 0 Å². The number of carbonyl (C=O) groups excluding carboxylic acids is 1. The van der Waals surface area contributed by atoms with Crippen molar-refractivity contribution in [3.05, 3.63) is 66.0 Å². The number of piperidine rings is 1. The number of aryl methyl sites for hydroxylation is 1. The largest absolute Gasteiger partial charge is 0.355 e. The van der Waals surface area contributed by atoms with Gasteiger partial charge < -0.3 is 10.3 Å². The van der Waals surface area contributed by atoms with Crippen LogP contribution in [0.4, 0.5) is 0 Å². The van der Waals surface area contributed by atoms with E-state index in [1.807, 2.05) is 24.3 Å². The molecular weight excluding hydrogens is 348 g/mol. The molecule has 2 N–H and O–H groups in total. The molecule has 1 aromatic heterocycles. The number of aromatic amines is 1. The summed E-state index contributed by atoms with van der Waals surface area (Å²) in [5.74, 6) is 0.977. The number of benzene rings is 2. The third-order valence-corrected chi connectivity index (χ3v) is 5.54. The summed E-state index contributed by atoms with van der Waals surface area (Å²) >= 11 is 0. The number of para-hydroxylation sites is 2. The Hall–Kier alpha value is -2.66. The summed E-state index contributed by atoms with van der Waals surface area (Å²) in [5.41, 5.74) is 3.32. The Balaban J connectivity index is 1.26. The van der Waals surface area contributed by atoms with Crippen LogP contribution in [0.15, 0.2) is 54.6 Å². The average Bonchev–Trinajstić information content (AvgIpc) is 3.15. The molecule has 1 aliphatic heterocycles.